The molecule has 0 saturated heterocycles. The third-order valence-electron chi connectivity index (χ3n) is 2.41. The minimum Gasteiger partial charge on any atom is -0.387 e. The smallest absolute Gasteiger partial charge is 0.0912 e. The van der Waals surface area contributed by atoms with E-state index in [9.17, 15) is 5.11 Å². The number of hydrogen-bond donors (Lipinski definition) is 2. The van der Waals surface area contributed by atoms with Crippen molar-refractivity contribution < 1.29 is 5.11 Å². The summed E-state index contributed by atoms with van der Waals surface area (Å²) in [4.78, 5) is 0. The van der Waals surface area contributed by atoms with Crippen LogP contribution in [0.1, 0.15) is 37.0 Å². The van der Waals surface area contributed by atoms with Gasteiger partial charge in [0.1, 0.15) is 0 Å². The second kappa shape index (κ2) is 5.78. The van der Waals surface area contributed by atoms with Crippen LogP contribution in [0.15, 0.2) is 24.3 Å². The fourth-order valence-electron chi connectivity index (χ4n) is 1.42. The Labute approximate surface area is 85.8 Å². The third kappa shape index (κ3) is 3.13. The Bertz CT molecular complexity index is 256. The van der Waals surface area contributed by atoms with Crippen LogP contribution in [0.5, 0.6) is 0 Å². The fraction of sp³-hybridized carbons (Fsp3) is 0.500. The Morgan fingerprint density at radius 2 is 1.93 bits per heavy atom. The molecular weight excluding hydrogens is 174 g/mol. The van der Waals surface area contributed by atoms with Crippen molar-refractivity contribution in [2.75, 3.05) is 6.54 Å². The van der Waals surface area contributed by atoms with Gasteiger partial charge in [-0.15, -0.1) is 0 Å². The van der Waals surface area contributed by atoms with Gasteiger partial charge in [0.25, 0.3) is 0 Å². The van der Waals surface area contributed by atoms with E-state index in [0.29, 0.717) is 0 Å². The van der Waals surface area contributed by atoms with E-state index < -0.39 is 6.10 Å². The molecule has 1 atom stereocenters. The molecule has 0 heterocycles. The third-order valence-corrected chi connectivity index (χ3v) is 2.41. The van der Waals surface area contributed by atoms with Gasteiger partial charge in [-0.3, -0.25) is 0 Å². The Hall–Kier alpha value is -0.860. The van der Waals surface area contributed by atoms with Gasteiger partial charge in [-0.05, 0) is 24.0 Å². The summed E-state index contributed by atoms with van der Waals surface area (Å²) in [6, 6.07) is 8.07. The monoisotopic (exact) mass is 193 g/mol. The van der Waals surface area contributed by atoms with Crippen LogP contribution >= 0.6 is 0 Å². The fourth-order valence-corrected chi connectivity index (χ4v) is 1.42. The molecule has 0 spiro atoms. The van der Waals surface area contributed by atoms with Crippen molar-refractivity contribution in [1.82, 2.24) is 0 Å². The molecule has 0 fully saturated rings. The summed E-state index contributed by atoms with van der Waals surface area (Å²) in [7, 11) is 0. The number of aryl methyl sites for hydroxylation is 1. The highest BCUT2D eigenvalue weighted by Gasteiger charge is 2.03. The van der Waals surface area contributed by atoms with Gasteiger partial charge in [0.2, 0.25) is 0 Å². The zero-order chi connectivity index (χ0) is 10.4. The van der Waals surface area contributed by atoms with Crippen molar-refractivity contribution in [1.29, 1.82) is 0 Å². The number of unbranched alkanes of at least 4 members (excludes halogenated alkanes) is 1. The average Bonchev–Trinajstić information content (AvgIpc) is 2.26. The summed E-state index contributed by atoms with van der Waals surface area (Å²) in [5, 5.41) is 9.47. The maximum absolute atomic E-state index is 9.47. The van der Waals surface area contributed by atoms with Crippen LogP contribution in [0, 0.1) is 0 Å². The van der Waals surface area contributed by atoms with Crippen LogP contribution in [0.25, 0.3) is 0 Å². The summed E-state index contributed by atoms with van der Waals surface area (Å²) in [5.41, 5.74) is 7.62. The first-order valence-electron chi connectivity index (χ1n) is 5.25. The molecule has 0 radical (unpaired) electrons. The van der Waals surface area contributed by atoms with E-state index >= 15 is 0 Å². The molecule has 78 valence electrons. The van der Waals surface area contributed by atoms with Gasteiger partial charge in [0.05, 0.1) is 6.10 Å². The highest BCUT2D eigenvalue weighted by Crippen LogP contribution is 2.13. The first-order valence-corrected chi connectivity index (χ1v) is 5.25. The summed E-state index contributed by atoms with van der Waals surface area (Å²) in [6.07, 6.45) is 3.04. The minimum atomic E-state index is -0.518. The molecule has 3 N–H and O–H groups in total. The molecule has 2 nitrogen and oxygen atoms in total. The van der Waals surface area contributed by atoms with Crippen LogP contribution in [0.3, 0.4) is 0 Å². The summed E-state index contributed by atoms with van der Waals surface area (Å²) in [6.45, 7) is 2.47. The first kappa shape index (κ1) is 11.2. The maximum Gasteiger partial charge on any atom is 0.0912 e. The zero-order valence-corrected chi connectivity index (χ0v) is 8.74. The van der Waals surface area contributed by atoms with Crippen LogP contribution in [0.4, 0.5) is 0 Å². The van der Waals surface area contributed by atoms with Gasteiger partial charge >= 0.3 is 0 Å². The first-order chi connectivity index (χ1) is 6.77. The second-order valence-corrected chi connectivity index (χ2v) is 3.60. The van der Waals surface area contributed by atoms with Crippen molar-refractivity contribution in [2.45, 2.75) is 32.3 Å². The maximum atomic E-state index is 9.47. The molecule has 0 aliphatic rings. The number of hydrogen-bond acceptors (Lipinski definition) is 2. The molecule has 0 unspecified atom stereocenters. The minimum absolute atomic E-state index is 0.286. The van der Waals surface area contributed by atoms with Gasteiger partial charge in [-0.25, -0.2) is 0 Å². The SMILES string of the molecule is CCCCc1ccc([C@@H](O)CN)cc1. The van der Waals surface area contributed by atoms with Crippen LogP contribution in [-0.2, 0) is 6.42 Å². The molecule has 1 aromatic rings. The number of aliphatic hydroxyl groups is 1. The standard InChI is InChI=1S/C12H19NO/c1-2-3-4-10-5-7-11(8-6-10)12(14)9-13/h5-8,12,14H,2-4,9,13H2,1H3/t12-/m0/s1. The summed E-state index contributed by atoms with van der Waals surface area (Å²) >= 11 is 0. The van der Waals surface area contributed by atoms with Gasteiger partial charge in [-0.2, -0.15) is 0 Å². The van der Waals surface area contributed by atoms with Crippen LogP contribution in [0.2, 0.25) is 0 Å². The largest absolute Gasteiger partial charge is 0.387 e. The number of benzene rings is 1. The molecule has 0 aromatic heterocycles. The van der Waals surface area contributed by atoms with Crippen LogP contribution in [-0.4, -0.2) is 11.7 Å². The van der Waals surface area contributed by atoms with Crippen LogP contribution < -0.4 is 5.73 Å². The molecule has 1 rings (SSSR count). The van der Waals surface area contributed by atoms with Gasteiger partial charge in [0.15, 0.2) is 0 Å². The molecule has 0 aliphatic heterocycles. The van der Waals surface area contributed by atoms with E-state index in [0.717, 1.165) is 12.0 Å². The quantitative estimate of drug-likeness (QED) is 0.751. The lowest BCUT2D eigenvalue weighted by atomic mass is 10.0. The second-order valence-electron chi connectivity index (χ2n) is 3.60. The lowest BCUT2D eigenvalue weighted by Gasteiger charge is -2.08. The molecule has 0 aliphatic carbocycles. The normalized spacial score (nSPS) is 12.8. The number of rotatable bonds is 5. The summed E-state index contributed by atoms with van der Waals surface area (Å²) in [5.74, 6) is 0. The van der Waals surface area contributed by atoms with E-state index in [-0.39, 0.29) is 6.54 Å². The van der Waals surface area contributed by atoms with Crippen molar-refractivity contribution >= 4 is 0 Å². The van der Waals surface area contributed by atoms with Crippen molar-refractivity contribution in [2.24, 2.45) is 5.73 Å². The Balaban J connectivity index is 2.59. The molecule has 1 aromatic carbocycles. The molecule has 0 amide bonds. The zero-order valence-electron chi connectivity index (χ0n) is 8.74. The lowest BCUT2D eigenvalue weighted by Crippen LogP contribution is -2.11. The summed E-state index contributed by atoms with van der Waals surface area (Å²) < 4.78 is 0. The van der Waals surface area contributed by atoms with Gasteiger partial charge in [0, 0.05) is 6.54 Å². The van der Waals surface area contributed by atoms with E-state index in [4.69, 9.17) is 5.73 Å². The van der Waals surface area contributed by atoms with Crippen molar-refractivity contribution in [3.8, 4) is 0 Å². The molecule has 2 heteroatoms. The van der Waals surface area contributed by atoms with Crippen molar-refractivity contribution in [3.05, 3.63) is 35.4 Å². The predicted octanol–water partition coefficient (Wildman–Crippen LogP) is 2.02. The Morgan fingerprint density at radius 3 is 2.43 bits per heavy atom. The Kier molecular flexibility index (Phi) is 4.63. The average molecular weight is 193 g/mol. The van der Waals surface area contributed by atoms with E-state index in [1.165, 1.54) is 18.4 Å². The topological polar surface area (TPSA) is 46.2 Å². The highest BCUT2D eigenvalue weighted by atomic mass is 16.3. The molecular formula is C12H19NO. The highest BCUT2D eigenvalue weighted by molar-refractivity contribution is 5.24. The van der Waals surface area contributed by atoms with Gasteiger partial charge < -0.3 is 10.8 Å². The predicted molar refractivity (Wildman–Crippen MR) is 59.1 cm³/mol. The lowest BCUT2D eigenvalue weighted by molar-refractivity contribution is 0.186. The number of aliphatic hydroxyl groups excluding tert-OH is 1. The molecule has 0 bridgehead atoms. The van der Waals surface area contributed by atoms with E-state index in [1.807, 2.05) is 12.1 Å². The van der Waals surface area contributed by atoms with E-state index in [1.54, 1.807) is 0 Å². The molecule has 0 saturated carbocycles. The van der Waals surface area contributed by atoms with Gasteiger partial charge in [-0.1, -0.05) is 37.6 Å². The number of nitrogens with two attached hydrogens (primary N) is 1. The van der Waals surface area contributed by atoms with Crippen molar-refractivity contribution in [3.63, 3.8) is 0 Å². The molecule has 14 heavy (non-hydrogen) atoms. The Morgan fingerprint density at radius 1 is 1.29 bits per heavy atom. The van der Waals surface area contributed by atoms with E-state index in [2.05, 4.69) is 19.1 Å².